The molecule has 4 N–H and O–H groups in total. The molecule has 1 aromatic carbocycles. The van der Waals surface area contributed by atoms with Gasteiger partial charge in [-0.1, -0.05) is 30.3 Å². The maximum atomic E-state index is 13.6. The van der Waals surface area contributed by atoms with Crippen molar-refractivity contribution in [3.8, 4) is 0 Å². The second kappa shape index (κ2) is 10.5. The topological polar surface area (TPSA) is 127 Å². The fourth-order valence-corrected chi connectivity index (χ4v) is 5.25. The molecule has 2 aromatic heterocycles. The minimum Gasteiger partial charge on any atom is -0.444 e. The van der Waals surface area contributed by atoms with Crippen LogP contribution < -0.4 is 16.4 Å². The summed E-state index contributed by atoms with van der Waals surface area (Å²) in [5.74, 6) is -0.114. The van der Waals surface area contributed by atoms with Crippen LogP contribution in [-0.2, 0) is 20.9 Å². The lowest BCUT2D eigenvalue weighted by Gasteiger charge is -2.29. The van der Waals surface area contributed by atoms with Crippen LogP contribution in [0.15, 0.2) is 48.7 Å². The quantitative estimate of drug-likeness (QED) is 0.465. The first kappa shape index (κ1) is 25.4. The van der Waals surface area contributed by atoms with Crippen LogP contribution in [0.2, 0.25) is 0 Å². The molecule has 3 aromatic rings. The Bertz CT molecular complexity index is 1250. The van der Waals surface area contributed by atoms with Crippen LogP contribution in [0.4, 0.5) is 10.6 Å². The van der Waals surface area contributed by atoms with E-state index in [9.17, 15) is 14.4 Å². The summed E-state index contributed by atoms with van der Waals surface area (Å²) >= 11 is 1.54. The number of anilines is 1. The third-order valence-corrected chi connectivity index (χ3v) is 6.94. The summed E-state index contributed by atoms with van der Waals surface area (Å²) in [5.41, 5.74) is 5.86. The number of alkyl carbamates (subject to hydrolysis) is 1. The van der Waals surface area contributed by atoms with Gasteiger partial charge in [-0.25, -0.2) is 9.78 Å². The SMILES string of the molecule is CC(C)(C)OC(=O)N[C@@H](C(=O)N1CCC[C@H]1C(=O)NCc1cc2c(N)nccc2s1)c1ccccc1. The number of thiophene rings is 1. The second-order valence-electron chi connectivity index (χ2n) is 9.72. The number of ether oxygens (including phenoxy) is 1. The Hall–Kier alpha value is -3.66. The van der Waals surface area contributed by atoms with Crippen LogP contribution in [0.25, 0.3) is 10.1 Å². The molecular weight excluding hydrogens is 478 g/mol. The van der Waals surface area contributed by atoms with Gasteiger partial charge < -0.3 is 26.0 Å². The van der Waals surface area contributed by atoms with Crippen LogP contribution >= 0.6 is 11.3 Å². The van der Waals surface area contributed by atoms with Gasteiger partial charge in [-0.2, -0.15) is 0 Å². The van der Waals surface area contributed by atoms with Crippen molar-refractivity contribution in [1.29, 1.82) is 0 Å². The van der Waals surface area contributed by atoms with Gasteiger partial charge in [0.1, 0.15) is 23.5 Å². The van der Waals surface area contributed by atoms with Crippen molar-refractivity contribution in [2.24, 2.45) is 0 Å². The molecule has 1 saturated heterocycles. The summed E-state index contributed by atoms with van der Waals surface area (Å²) in [4.78, 5) is 45.9. The number of likely N-dealkylation sites (tertiary alicyclic amines) is 1. The molecule has 1 aliphatic rings. The fourth-order valence-electron chi connectivity index (χ4n) is 4.24. The van der Waals surface area contributed by atoms with Crippen molar-refractivity contribution >= 4 is 45.1 Å². The van der Waals surface area contributed by atoms with E-state index < -0.39 is 23.8 Å². The third-order valence-electron chi connectivity index (χ3n) is 5.84. The summed E-state index contributed by atoms with van der Waals surface area (Å²) in [6.45, 7) is 6.03. The number of nitrogen functional groups attached to an aromatic ring is 1. The van der Waals surface area contributed by atoms with E-state index in [-0.39, 0.29) is 11.8 Å². The molecule has 2 atom stereocenters. The molecule has 0 aliphatic carbocycles. The molecule has 3 amide bonds. The maximum Gasteiger partial charge on any atom is 0.408 e. The number of benzene rings is 1. The molecule has 0 unspecified atom stereocenters. The van der Waals surface area contributed by atoms with Gasteiger partial charge in [0.2, 0.25) is 5.91 Å². The van der Waals surface area contributed by atoms with Crippen molar-refractivity contribution < 1.29 is 19.1 Å². The molecule has 0 bridgehead atoms. The number of carbonyl (C=O) groups is 3. The largest absolute Gasteiger partial charge is 0.444 e. The van der Waals surface area contributed by atoms with Crippen molar-refractivity contribution in [1.82, 2.24) is 20.5 Å². The second-order valence-corrected chi connectivity index (χ2v) is 10.9. The average Bonchev–Trinajstić information content (AvgIpc) is 3.48. The highest BCUT2D eigenvalue weighted by Gasteiger charge is 2.38. The molecular formula is C26H31N5O4S. The normalized spacial score (nSPS) is 16.5. The summed E-state index contributed by atoms with van der Waals surface area (Å²) in [5, 5.41) is 6.53. The highest BCUT2D eigenvalue weighted by Crippen LogP contribution is 2.29. The summed E-state index contributed by atoms with van der Waals surface area (Å²) in [6.07, 6.45) is 2.22. The molecule has 36 heavy (non-hydrogen) atoms. The molecule has 1 aliphatic heterocycles. The van der Waals surface area contributed by atoms with Crippen molar-refractivity contribution in [3.63, 3.8) is 0 Å². The van der Waals surface area contributed by atoms with E-state index in [0.717, 1.165) is 15.0 Å². The maximum absolute atomic E-state index is 13.6. The zero-order valence-electron chi connectivity index (χ0n) is 20.6. The van der Waals surface area contributed by atoms with E-state index in [1.807, 2.05) is 18.2 Å². The van der Waals surface area contributed by atoms with E-state index in [1.165, 1.54) is 11.3 Å². The van der Waals surface area contributed by atoms with Gasteiger partial charge in [0.05, 0.1) is 6.54 Å². The monoisotopic (exact) mass is 509 g/mol. The number of fused-ring (bicyclic) bond motifs is 1. The lowest BCUT2D eigenvalue weighted by atomic mass is 10.0. The number of pyridine rings is 1. The van der Waals surface area contributed by atoms with Crippen molar-refractivity contribution in [2.75, 3.05) is 12.3 Å². The van der Waals surface area contributed by atoms with E-state index in [0.29, 0.717) is 37.3 Å². The Morgan fingerprint density at radius 1 is 1.22 bits per heavy atom. The Morgan fingerprint density at radius 2 is 1.97 bits per heavy atom. The van der Waals surface area contributed by atoms with E-state index >= 15 is 0 Å². The number of hydrogen-bond donors (Lipinski definition) is 3. The van der Waals surface area contributed by atoms with Gasteiger partial charge in [0, 0.05) is 27.7 Å². The van der Waals surface area contributed by atoms with Gasteiger partial charge in [0.15, 0.2) is 0 Å². The standard InChI is InChI=1S/C26H31N5O4S/c1-26(2,3)35-25(34)30-21(16-8-5-4-6-9-16)24(33)31-13-7-10-19(31)23(32)29-15-17-14-18-20(36-17)11-12-28-22(18)27/h4-6,8-9,11-12,14,19,21H,7,10,13,15H2,1-3H3,(H2,27,28)(H,29,32)(H,30,34)/t19-,21+/m0/s1. The number of rotatable bonds is 6. The van der Waals surface area contributed by atoms with E-state index in [2.05, 4.69) is 15.6 Å². The lowest BCUT2D eigenvalue weighted by Crippen LogP contribution is -2.50. The molecule has 0 spiro atoms. The Balaban J connectivity index is 1.47. The lowest BCUT2D eigenvalue weighted by molar-refractivity contribution is -0.140. The third kappa shape index (κ3) is 5.93. The van der Waals surface area contributed by atoms with Gasteiger partial charge in [-0.3, -0.25) is 9.59 Å². The molecule has 1 fully saturated rings. The number of carbonyl (C=O) groups excluding carboxylic acids is 3. The molecule has 10 heteroatoms. The van der Waals surface area contributed by atoms with E-state index in [1.54, 1.807) is 56.1 Å². The van der Waals surface area contributed by atoms with Crippen molar-refractivity contribution in [3.05, 3.63) is 59.1 Å². The number of hydrogen-bond acceptors (Lipinski definition) is 7. The molecule has 4 rings (SSSR count). The Kier molecular flexibility index (Phi) is 7.44. The zero-order valence-corrected chi connectivity index (χ0v) is 21.4. The van der Waals surface area contributed by atoms with Crippen LogP contribution in [0.1, 0.15) is 50.1 Å². The van der Waals surface area contributed by atoms with Gasteiger partial charge in [-0.05, 0) is 51.3 Å². The molecule has 0 radical (unpaired) electrons. The summed E-state index contributed by atoms with van der Waals surface area (Å²) < 4.78 is 6.39. The van der Waals surface area contributed by atoms with E-state index in [4.69, 9.17) is 10.5 Å². The Labute approximate surface area is 214 Å². The highest BCUT2D eigenvalue weighted by atomic mass is 32.1. The van der Waals surface area contributed by atoms with Crippen molar-refractivity contribution in [2.45, 2.75) is 57.8 Å². The molecule has 190 valence electrons. The number of amides is 3. The molecule has 3 heterocycles. The van der Waals surface area contributed by atoms with Gasteiger partial charge in [0.25, 0.3) is 5.91 Å². The highest BCUT2D eigenvalue weighted by molar-refractivity contribution is 7.19. The smallest absolute Gasteiger partial charge is 0.408 e. The predicted octanol–water partition coefficient (Wildman–Crippen LogP) is 3.75. The molecule has 0 saturated carbocycles. The van der Waals surface area contributed by atoms with Crippen LogP contribution in [0.3, 0.4) is 0 Å². The number of aromatic nitrogens is 1. The summed E-state index contributed by atoms with van der Waals surface area (Å²) in [6, 6.07) is 11.2. The first-order valence-electron chi connectivity index (χ1n) is 11.9. The average molecular weight is 510 g/mol. The Morgan fingerprint density at radius 3 is 2.67 bits per heavy atom. The van der Waals surface area contributed by atoms with Crippen LogP contribution in [0.5, 0.6) is 0 Å². The number of nitrogens with zero attached hydrogens (tertiary/aromatic N) is 2. The first-order chi connectivity index (χ1) is 17.1. The van der Waals surface area contributed by atoms with Gasteiger partial charge >= 0.3 is 6.09 Å². The first-order valence-corrected chi connectivity index (χ1v) is 12.7. The molecule has 9 nitrogen and oxygen atoms in total. The predicted molar refractivity (Wildman–Crippen MR) is 139 cm³/mol. The number of nitrogens with one attached hydrogen (secondary N) is 2. The minimum absolute atomic E-state index is 0.228. The zero-order chi connectivity index (χ0) is 25.9. The summed E-state index contributed by atoms with van der Waals surface area (Å²) in [7, 11) is 0. The van der Waals surface area contributed by atoms with Crippen LogP contribution in [0, 0.1) is 0 Å². The number of nitrogens with two attached hydrogens (primary N) is 1. The van der Waals surface area contributed by atoms with Gasteiger partial charge in [-0.15, -0.1) is 11.3 Å². The van der Waals surface area contributed by atoms with Crippen LogP contribution in [-0.4, -0.2) is 46.0 Å². The minimum atomic E-state index is -0.965. The fraction of sp³-hybridized carbons (Fsp3) is 0.385.